The molecule has 0 atom stereocenters. The second-order valence-corrected chi connectivity index (χ2v) is 5.53. The van der Waals surface area contributed by atoms with Gasteiger partial charge in [-0.3, -0.25) is 4.68 Å². The van der Waals surface area contributed by atoms with Crippen molar-refractivity contribution in [2.24, 2.45) is 0 Å². The van der Waals surface area contributed by atoms with Crippen molar-refractivity contribution in [2.45, 2.75) is 13.2 Å². The number of anilines is 1. The van der Waals surface area contributed by atoms with E-state index < -0.39 is 0 Å². The normalized spacial score (nSPS) is 12.7. The van der Waals surface area contributed by atoms with E-state index in [9.17, 15) is 0 Å². The van der Waals surface area contributed by atoms with Crippen molar-refractivity contribution < 1.29 is 9.47 Å². The van der Waals surface area contributed by atoms with Crippen LogP contribution in [0.25, 0.3) is 11.3 Å². The number of aromatic nitrogens is 2. The lowest BCUT2D eigenvalue weighted by Crippen LogP contribution is -2.04. The van der Waals surface area contributed by atoms with Crippen molar-refractivity contribution in [3.05, 3.63) is 59.8 Å². The highest BCUT2D eigenvalue weighted by molar-refractivity contribution is 5.67. The Morgan fingerprint density at radius 3 is 2.91 bits per heavy atom. The molecule has 0 bridgehead atoms. The summed E-state index contributed by atoms with van der Waals surface area (Å²) in [6.45, 7) is 1.14. The van der Waals surface area contributed by atoms with Crippen LogP contribution < -0.4 is 15.2 Å². The van der Waals surface area contributed by atoms with Gasteiger partial charge in [0.1, 0.15) is 18.1 Å². The number of rotatable bonds is 2. The average Bonchev–Trinajstić information content (AvgIpc) is 2.90. The highest BCUT2D eigenvalue weighted by Gasteiger charge is 2.18. The highest BCUT2D eigenvalue weighted by atomic mass is 16.5. The molecular weight excluding hydrogens is 290 g/mol. The fraction of sp³-hybridized carbons (Fsp3) is 0.167. The lowest BCUT2D eigenvalue weighted by Gasteiger charge is -2.08. The molecule has 0 saturated carbocycles. The fourth-order valence-electron chi connectivity index (χ4n) is 2.85. The maximum absolute atomic E-state index is 5.89. The molecule has 0 fully saturated rings. The summed E-state index contributed by atoms with van der Waals surface area (Å²) in [7, 11) is 1.67. The summed E-state index contributed by atoms with van der Waals surface area (Å²) in [5.74, 6) is 1.64. The van der Waals surface area contributed by atoms with E-state index in [4.69, 9.17) is 20.3 Å². The average molecular weight is 307 g/mol. The van der Waals surface area contributed by atoms with E-state index in [1.54, 1.807) is 7.11 Å². The minimum Gasteiger partial charge on any atom is -0.496 e. The first-order valence-corrected chi connectivity index (χ1v) is 7.46. The van der Waals surface area contributed by atoms with Crippen LogP contribution in [0.15, 0.2) is 48.5 Å². The number of benzene rings is 2. The first-order valence-electron chi connectivity index (χ1n) is 7.46. The molecule has 0 spiro atoms. The first-order chi connectivity index (χ1) is 11.2. The van der Waals surface area contributed by atoms with Crippen LogP contribution in [0.3, 0.4) is 0 Å². The van der Waals surface area contributed by atoms with Gasteiger partial charge in [-0.15, -0.1) is 0 Å². The number of nitrogen functional groups attached to an aromatic ring is 1. The third kappa shape index (κ3) is 2.40. The number of hydrogen-bond acceptors (Lipinski definition) is 4. The summed E-state index contributed by atoms with van der Waals surface area (Å²) >= 11 is 0. The molecule has 116 valence electrons. The van der Waals surface area contributed by atoms with Gasteiger partial charge >= 0.3 is 0 Å². The van der Waals surface area contributed by atoms with Crippen LogP contribution in [0.1, 0.15) is 11.3 Å². The molecule has 4 rings (SSSR count). The Bertz CT molecular complexity index is 870. The second-order valence-electron chi connectivity index (χ2n) is 5.53. The molecule has 0 saturated heterocycles. The number of methoxy groups -OCH3 is 1. The molecule has 0 unspecified atom stereocenters. The monoisotopic (exact) mass is 307 g/mol. The van der Waals surface area contributed by atoms with E-state index in [1.165, 1.54) is 0 Å². The van der Waals surface area contributed by atoms with Crippen molar-refractivity contribution in [3.8, 4) is 22.8 Å². The van der Waals surface area contributed by atoms with Gasteiger partial charge in [-0.1, -0.05) is 18.2 Å². The standard InChI is InChI=1S/C18H17N3O2/c1-22-17-5-3-2-4-15(17)16-9-14-11-23-18-8-13(19)7-6-12(18)10-21(14)20-16/h2-9H,10-11,19H2,1H3. The van der Waals surface area contributed by atoms with E-state index in [2.05, 4.69) is 0 Å². The van der Waals surface area contributed by atoms with Crippen LogP contribution >= 0.6 is 0 Å². The molecule has 1 aliphatic heterocycles. The molecule has 0 radical (unpaired) electrons. The summed E-state index contributed by atoms with van der Waals surface area (Å²) < 4.78 is 13.3. The zero-order valence-electron chi connectivity index (χ0n) is 12.8. The highest BCUT2D eigenvalue weighted by Crippen LogP contribution is 2.32. The number of hydrogen-bond donors (Lipinski definition) is 1. The minimum atomic E-state index is 0.471. The van der Waals surface area contributed by atoms with Gasteiger partial charge < -0.3 is 15.2 Å². The molecule has 2 heterocycles. The van der Waals surface area contributed by atoms with Gasteiger partial charge in [-0.2, -0.15) is 5.10 Å². The van der Waals surface area contributed by atoms with E-state index in [1.807, 2.05) is 53.2 Å². The predicted molar refractivity (Wildman–Crippen MR) is 88.5 cm³/mol. The number of para-hydroxylation sites is 1. The third-order valence-electron chi connectivity index (χ3n) is 4.03. The quantitative estimate of drug-likeness (QED) is 0.739. The van der Waals surface area contributed by atoms with E-state index in [0.717, 1.165) is 34.0 Å². The number of fused-ring (bicyclic) bond motifs is 2. The van der Waals surface area contributed by atoms with Crippen LogP contribution in [0, 0.1) is 0 Å². The van der Waals surface area contributed by atoms with Gasteiger partial charge in [0.15, 0.2) is 0 Å². The summed E-state index contributed by atoms with van der Waals surface area (Å²) in [6.07, 6.45) is 0. The van der Waals surface area contributed by atoms with E-state index >= 15 is 0 Å². The van der Waals surface area contributed by atoms with Gasteiger partial charge in [0.25, 0.3) is 0 Å². The largest absolute Gasteiger partial charge is 0.496 e. The van der Waals surface area contributed by atoms with Crippen molar-refractivity contribution in [2.75, 3.05) is 12.8 Å². The summed E-state index contributed by atoms with van der Waals surface area (Å²) in [4.78, 5) is 0. The minimum absolute atomic E-state index is 0.471. The maximum Gasteiger partial charge on any atom is 0.130 e. The second kappa shape index (κ2) is 5.35. The zero-order valence-corrected chi connectivity index (χ0v) is 12.8. The number of nitrogens with two attached hydrogens (primary N) is 1. The van der Waals surface area contributed by atoms with Gasteiger partial charge in [0.05, 0.1) is 25.0 Å². The van der Waals surface area contributed by atoms with E-state index in [0.29, 0.717) is 18.8 Å². The Hall–Kier alpha value is -2.95. The lowest BCUT2D eigenvalue weighted by atomic mass is 10.1. The summed E-state index contributed by atoms with van der Waals surface area (Å²) in [6, 6.07) is 15.7. The van der Waals surface area contributed by atoms with Crippen LogP contribution in [0.4, 0.5) is 5.69 Å². The number of ether oxygens (including phenoxy) is 2. The molecule has 5 nitrogen and oxygen atoms in total. The van der Waals surface area contributed by atoms with Crippen molar-refractivity contribution >= 4 is 5.69 Å². The van der Waals surface area contributed by atoms with Crippen LogP contribution in [-0.4, -0.2) is 16.9 Å². The molecule has 1 aliphatic rings. The molecule has 2 N–H and O–H groups in total. The Kier molecular flexibility index (Phi) is 3.19. The van der Waals surface area contributed by atoms with Gasteiger partial charge in [-0.25, -0.2) is 0 Å². The SMILES string of the molecule is COc1ccccc1-c1cc2n(n1)Cc1ccc(N)cc1OC2. The van der Waals surface area contributed by atoms with E-state index in [-0.39, 0.29) is 0 Å². The van der Waals surface area contributed by atoms with Crippen molar-refractivity contribution in [3.63, 3.8) is 0 Å². The summed E-state index contributed by atoms with van der Waals surface area (Å²) in [5, 5.41) is 4.74. The Morgan fingerprint density at radius 1 is 1.17 bits per heavy atom. The fourth-order valence-corrected chi connectivity index (χ4v) is 2.85. The first kappa shape index (κ1) is 13.7. The van der Waals surface area contributed by atoms with Crippen molar-refractivity contribution in [1.82, 2.24) is 9.78 Å². The van der Waals surface area contributed by atoms with Crippen LogP contribution in [0.2, 0.25) is 0 Å². The number of nitrogens with zero attached hydrogens (tertiary/aromatic N) is 2. The molecule has 5 heteroatoms. The topological polar surface area (TPSA) is 62.3 Å². The molecule has 0 amide bonds. The van der Waals surface area contributed by atoms with Crippen LogP contribution in [0.5, 0.6) is 11.5 Å². The Labute approximate surface area is 134 Å². The van der Waals surface area contributed by atoms with Gasteiger partial charge in [0.2, 0.25) is 0 Å². The van der Waals surface area contributed by atoms with Crippen LogP contribution in [-0.2, 0) is 13.2 Å². The Morgan fingerprint density at radius 2 is 2.04 bits per heavy atom. The van der Waals surface area contributed by atoms with Crippen molar-refractivity contribution in [1.29, 1.82) is 0 Å². The zero-order chi connectivity index (χ0) is 15.8. The smallest absolute Gasteiger partial charge is 0.130 e. The van der Waals surface area contributed by atoms with Gasteiger partial charge in [-0.05, 0) is 24.3 Å². The maximum atomic E-state index is 5.89. The molecule has 1 aromatic heterocycles. The lowest BCUT2D eigenvalue weighted by molar-refractivity contribution is 0.302. The Balaban J connectivity index is 1.75. The van der Waals surface area contributed by atoms with Gasteiger partial charge in [0, 0.05) is 22.9 Å². The molecular formula is C18H17N3O2. The molecule has 3 aromatic rings. The molecule has 2 aromatic carbocycles. The third-order valence-corrected chi connectivity index (χ3v) is 4.03. The summed E-state index contributed by atoms with van der Waals surface area (Å²) in [5.41, 5.74) is 10.5. The molecule has 23 heavy (non-hydrogen) atoms. The predicted octanol–water partition coefficient (Wildman–Crippen LogP) is 3.08. The molecule has 0 aliphatic carbocycles.